The van der Waals surface area contributed by atoms with Crippen LogP contribution in [0.5, 0.6) is 0 Å². The third-order valence-electron chi connectivity index (χ3n) is 5.89. The lowest BCUT2D eigenvalue weighted by atomic mass is 9.96. The number of oxazole rings is 1. The second kappa shape index (κ2) is 8.30. The normalized spacial score (nSPS) is 15.3. The van der Waals surface area contributed by atoms with Gasteiger partial charge in [-0.1, -0.05) is 24.3 Å². The number of likely N-dealkylation sites (tertiary alicyclic amines) is 1. The number of nitrogens with zero attached hydrogens (tertiary/aromatic N) is 3. The van der Waals surface area contributed by atoms with Crippen molar-refractivity contribution in [1.29, 1.82) is 0 Å². The van der Waals surface area contributed by atoms with Crippen LogP contribution < -0.4 is 0 Å². The Balaban J connectivity index is 1.28. The number of aryl methyl sites for hydroxylation is 1. The summed E-state index contributed by atoms with van der Waals surface area (Å²) in [5.74, 6) is 0.771. The van der Waals surface area contributed by atoms with E-state index in [1.807, 2.05) is 24.3 Å². The molecule has 0 unspecified atom stereocenters. The molecule has 0 aliphatic carbocycles. The molecule has 9 heteroatoms. The number of thiazole rings is 1. The third kappa shape index (κ3) is 4.25. The van der Waals surface area contributed by atoms with Crippen molar-refractivity contribution in [1.82, 2.24) is 14.9 Å². The first kappa shape index (κ1) is 21.6. The van der Waals surface area contributed by atoms with Crippen molar-refractivity contribution in [3.63, 3.8) is 0 Å². The van der Waals surface area contributed by atoms with Crippen molar-refractivity contribution in [3.8, 4) is 10.6 Å². The van der Waals surface area contributed by atoms with Gasteiger partial charge in [-0.25, -0.2) is 9.97 Å². The minimum absolute atomic E-state index is 0.0980. The van der Waals surface area contributed by atoms with Crippen molar-refractivity contribution < 1.29 is 22.4 Å². The van der Waals surface area contributed by atoms with Crippen LogP contribution in [0.2, 0.25) is 0 Å². The average Bonchev–Trinajstić information content (AvgIpc) is 3.42. The molecule has 5 nitrogen and oxygen atoms in total. The van der Waals surface area contributed by atoms with Gasteiger partial charge in [-0.3, -0.25) is 4.79 Å². The van der Waals surface area contributed by atoms with E-state index in [9.17, 15) is 18.0 Å². The maximum absolute atomic E-state index is 13.1. The third-order valence-corrected chi connectivity index (χ3v) is 7.09. The van der Waals surface area contributed by atoms with Crippen LogP contribution in [-0.2, 0) is 6.18 Å². The number of hydrogen-bond acceptors (Lipinski definition) is 5. The van der Waals surface area contributed by atoms with Crippen molar-refractivity contribution in [2.45, 2.75) is 31.9 Å². The summed E-state index contributed by atoms with van der Waals surface area (Å²) in [7, 11) is 0. The van der Waals surface area contributed by atoms with Crippen LogP contribution in [0.4, 0.5) is 13.2 Å². The average molecular weight is 472 g/mol. The Hall–Kier alpha value is -3.20. The van der Waals surface area contributed by atoms with Gasteiger partial charge in [0.1, 0.15) is 15.4 Å². The first-order valence-corrected chi connectivity index (χ1v) is 11.4. The van der Waals surface area contributed by atoms with Crippen LogP contribution in [0.25, 0.3) is 21.7 Å². The lowest BCUT2D eigenvalue weighted by Crippen LogP contribution is -2.37. The van der Waals surface area contributed by atoms with Crippen molar-refractivity contribution >= 4 is 28.3 Å². The molecule has 1 aliphatic heterocycles. The number of para-hydroxylation sites is 2. The fourth-order valence-electron chi connectivity index (χ4n) is 4.06. The molecule has 0 bridgehead atoms. The van der Waals surface area contributed by atoms with Crippen LogP contribution in [0, 0.1) is 6.92 Å². The SMILES string of the molecule is Cc1nc(-c2ccc(C(F)(F)F)cc2)sc1C(=O)N1CCC(c2nc3ccccc3o2)CC1. The fourth-order valence-corrected chi connectivity index (χ4v) is 5.10. The molecule has 3 heterocycles. The highest BCUT2D eigenvalue weighted by Crippen LogP contribution is 2.35. The molecule has 1 aliphatic rings. The lowest BCUT2D eigenvalue weighted by molar-refractivity contribution is -0.137. The van der Waals surface area contributed by atoms with Crippen molar-refractivity contribution in [2.24, 2.45) is 0 Å². The topological polar surface area (TPSA) is 59.2 Å². The summed E-state index contributed by atoms with van der Waals surface area (Å²) in [6, 6.07) is 12.5. The van der Waals surface area contributed by atoms with Crippen LogP contribution in [-0.4, -0.2) is 33.9 Å². The first-order chi connectivity index (χ1) is 15.8. The van der Waals surface area contributed by atoms with Crippen LogP contribution in [0.1, 0.15) is 45.6 Å². The molecule has 0 spiro atoms. The summed E-state index contributed by atoms with van der Waals surface area (Å²) in [5, 5.41) is 0.533. The quantitative estimate of drug-likeness (QED) is 0.352. The van der Waals surface area contributed by atoms with E-state index in [1.54, 1.807) is 11.8 Å². The van der Waals surface area contributed by atoms with Crippen molar-refractivity contribution in [2.75, 3.05) is 13.1 Å². The van der Waals surface area contributed by atoms with E-state index < -0.39 is 11.7 Å². The first-order valence-electron chi connectivity index (χ1n) is 10.6. The molecule has 170 valence electrons. The van der Waals surface area contributed by atoms with Crippen molar-refractivity contribution in [3.05, 3.63) is 70.6 Å². The van der Waals surface area contributed by atoms with Gasteiger partial charge in [0.2, 0.25) is 0 Å². The number of halogens is 3. The molecule has 33 heavy (non-hydrogen) atoms. The smallest absolute Gasteiger partial charge is 0.416 e. The Morgan fingerprint density at radius 2 is 1.76 bits per heavy atom. The van der Waals surface area contributed by atoms with Gasteiger partial charge >= 0.3 is 6.18 Å². The Kier molecular flexibility index (Phi) is 5.44. The molecule has 1 saturated heterocycles. The minimum Gasteiger partial charge on any atom is -0.440 e. The number of rotatable bonds is 3. The zero-order valence-electron chi connectivity index (χ0n) is 17.7. The Labute approximate surface area is 191 Å². The number of benzene rings is 2. The highest BCUT2D eigenvalue weighted by Gasteiger charge is 2.31. The standard InChI is InChI=1S/C24H20F3N3O2S/c1-14-20(33-22(28-14)16-6-8-17(9-7-16)24(25,26)27)23(31)30-12-10-15(11-13-30)21-29-18-4-2-3-5-19(18)32-21/h2-9,15H,10-13H2,1H3. The number of alkyl halides is 3. The number of fused-ring (bicyclic) bond motifs is 1. The molecule has 4 aromatic rings. The highest BCUT2D eigenvalue weighted by atomic mass is 32.1. The number of hydrogen-bond donors (Lipinski definition) is 0. The van der Waals surface area contributed by atoms with E-state index >= 15 is 0 Å². The number of carbonyl (C=O) groups excluding carboxylic acids is 1. The minimum atomic E-state index is -4.39. The summed E-state index contributed by atoms with van der Waals surface area (Å²) >= 11 is 1.21. The molecule has 2 aromatic heterocycles. The summed E-state index contributed by atoms with van der Waals surface area (Å²) in [4.78, 5) is 24.5. The summed E-state index contributed by atoms with van der Waals surface area (Å²) in [6.45, 7) is 2.91. The van der Waals surface area contributed by atoms with E-state index in [2.05, 4.69) is 9.97 Å². The zero-order valence-corrected chi connectivity index (χ0v) is 18.5. The number of aromatic nitrogens is 2. The van der Waals surface area contributed by atoms with Gasteiger partial charge in [-0.15, -0.1) is 11.3 Å². The van der Waals surface area contributed by atoms with E-state index in [-0.39, 0.29) is 11.8 Å². The second-order valence-corrected chi connectivity index (χ2v) is 9.09. The summed E-state index contributed by atoms with van der Waals surface area (Å²) in [5.41, 5.74) is 2.03. The molecular weight excluding hydrogens is 451 g/mol. The van der Waals surface area contributed by atoms with Crippen LogP contribution in [0.3, 0.4) is 0 Å². The summed E-state index contributed by atoms with van der Waals surface area (Å²) < 4.78 is 44.4. The summed E-state index contributed by atoms with van der Waals surface area (Å²) in [6.07, 6.45) is -2.88. The fraction of sp³-hybridized carbons (Fsp3) is 0.292. The van der Waals surface area contributed by atoms with Gasteiger partial charge in [-0.05, 0) is 44.0 Å². The number of carbonyl (C=O) groups is 1. The molecule has 0 N–H and O–H groups in total. The van der Waals surface area contributed by atoms with Gasteiger partial charge in [0.05, 0.1) is 11.3 Å². The molecule has 0 radical (unpaired) electrons. The molecular formula is C24H20F3N3O2S. The Morgan fingerprint density at radius 3 is 2.42 bits per heavy atom. The van der Waals surface area contributed by atoms with Gasteiger partial charge in [0.15, 0.2) is 11.5 Å². The lowest BCUT2D eigenvalue weighted by Gasteiger charge is -2.30. The van der Waals surface area contributed by atoms with E-state index in [0.29, 0.717) is 40.1 Å². The maximum atomic E-state index is 13.1. The van der Waals surface area contributed by atoms with E-state index in [4.69, 9.17) is 4.42 Å². The molecule has 2 aromatic carbocycles. The predicted octanol–water partition coefficient (Wildman–Crippen LogP) is 6.30. The maximum Gasteiger partial charge on any atom is 0.416 e. The second-order valence-electron chi connectivity index (χ2n) is 8.09. The van der Waals surface area contributed by atoms with Gasteiger partial charge in [0, 0.05) is 24.6 Å². The monoisotopic (exact) mass is 471 g/mol. The Morgan fingerprint density at radius 1 is 1.06 bits per heavy atom. The molecule has 1 amide bonds. The molecule has 1 fully saturated rings. The van der Waals surface area contributed by atoms with Crippen LogP contribution >= 0.6 is 11.3 Å². The van der Waals surface area contributed by atoms with Gasteiger partial charge in [0.25, 0.3) is 5.91 Å². The zero-order chi connectivity index (χ0) is 23.2. The number of piperidine rings is 1. The highest BCUT2D eigenvalue weighted by molar-refractivity contribution is 7.17. The van der Waals surface area contributed by atoms with E-state index in [1.165, 1.54) is 23.5 Å². The van der Waals surface area contributed by atoms with E-state index in [0.717, 1.165) is 36.1 Å². The van der Waals surface area contributed by atoms with Gasteiger partial charge < -0.3 is 9.32 Å². The Bertz CT molecular complexity index is 1270. The van der Waals surface area contributed by atoms with Gasteiger partial charge in [-0.2, -0.15) is 13.2 Å². The molecule has 0 atom stereocenters. The molecule has 5 rings (SSSR count). The largest absolute Gasteiger partial charge is 0.440 e. The molecule has 0 saturated carbocycles. The van der Waals surface area contributed by atoms with Crippen LogP contribution in [0.15, 0.2) is 52.9 Å². The predicted molar refractivity (Wildman–Crippen MR) is 119 cm³/mol. The number of amides is 1.